The van der Waals surface area contributed by atoms with Crippen molar-refractivity contribution >= 4 is 29.9 Å². The summed E-state index contributed by atoms with van der Waals surface area (Å²) in [5.74, 6) is 0. The van der Waals surface area contributed by atoms with Gasteiger partial charge in [0.15, 0.2) is 0 Å². The molecule has 0 unspecified atom stereocenters. The second-order valence-electron chi connectivity index (χ2n) is 8.96. The van der Waals surface area contributed by atoms with Crippen LogP contribution in [-0.4, -0.2) is 13.8 Å². The van der Waals surface area contributed by atoms with Crippen LogP contribution >= 0.6 is 0 Å². The van der Waals surface area contributed by atoms with Crippen molar-refractivity contribution in [2.24, 2.45) is 0 Å². The molecular formula is C23H28Li2N2Si. The van der Waals surface area contributed by atoms with Gasteiger partial charge in [0.2, 0.25) is 0 Å². The van der Waals surface area contributed by atoms with Crippen molar-refractivity contribution in [1.82, 2.24) is 0 Å². The van der Waals surface area contributed by atoms with Crippen LogP contribution in [0.5, 0.6) is 0 Å². The molecule has 2 nitrogen and oxygen atoms in total. The molecule has 0 saturated carbocycles. The van der Waals surface area contributed by atoms with Crippen molar-refractivity contribution in [1.29, 1.82) is 0 Å². The number of anilines is 1. The molecule has 28 heavy (non-hydrogen) atoms. The summed E-state index contributed by atoms with van der Waals surface area (Å²) in [6.07, 6.45) is 0. The van der Waals surface area contributed by atoms with Crippen LogP contribution in [0.3, 0.4) is 0 Å². The predicted octanol–water partition coefficient (Wildman–Crippen LogP) is -0.329. The number of nitrogens with zero attached hydrogens (tertiary/aromatic N) is 2. The standard InChI is InChI=1S/C23H28N2Si.2Li/c1-23(2,3)24-26(4,5)22-14-21(19-12-8-9-13-20(19)22)25-15-17-10-6-7-11-18(17)16-25;;/h6-14H,15-16H2,1-5H3;;/q-2;2*+1. The smallest absolute Gasteiger partial charge is 0.663 e. The molecular weight excluding hydrogens is 346 g/mol. The molecule has 0 N–H and O–H groups in total. The summed E-state index contributed by atoms with van der Waals surface area (Å²) in [6, 6.07) is 20.1. The van der Waals surface area contributed by atoms with Gasteiger partial charge < -0.3 is 9.88 Å². The van der Waals surface area contributed by atoms with Gasteiger partial charge in [0, 0.05) is 13.1 Å². The SMILES string of the molecule is CC(C)(C)[N-][Si](C)(C)[c-]1cc(N2Cc3ccccc3C2)c2ccccc21.[Li+].[Li+]. The van der Waals surface area contributed by atoms with E-state index in [2.05, 4.69) is 93.4 Å². The molecule has 0 aromatic heterocycles. The van der Waals surface area contributed by atoms with E-state index in [0.717, 1.165) is 13.1 Å². The maximum atomic E-state index is 5.26. The van der Waals surface area contributed by atoms with Gasteiger partial charge >= 0.3 is 37.7 Å². The Morgan fingerprint density at radius 3 is 2.00 bits per heavy atom. The van der Waals surface area contributed by atoms with E-state index in [-0.39, 0.29) is 43.3 Å². The molecule has 1 aliphatic rings. The fourth-order valence-electron chi connectivity index (χ4n) is 4.40. The minimum atomic E-state index is -1.89. The third-order valence-corrected chi connectivity index (χ3v) is 8.19. The molecule has 1 aliphatic heterocycles. The molecule has 3 aromatic rings. The van der Waals surface area contributed by atoms with Crippen molar-refractivity contribution in [3.8, 4) is 0 Å². The molecule has 0 atom stereocenters. The van der Waals surface area contributed by atoms with Crippen molar-refractivity contribution < 1.29 is 37.7 Å². The average Bonchev–Trinajstić information content (AvgIpc) is 3.14. The second-order valence-corrected chi connectivity index (χ2v) is 12.8. The number of rotatable bonds is 3. The molecule has 0 fully saturated rings. The van der Waals surface area contributed by atoms with Gasteiger partial charge in [-0.15, -0.1) is 40.6 Å². The topological polar surface area (TPSA) is 17.3 Å². The van der Waals surface area contributed by atoms with Crippen LogP contribution < -0.4 is 47.8 Å². The fourth-order valence-corrected chi connectivity index (χ4v) is 7.57. The van der Waals surface area contributed by atoms with Gasteiger partial charge in [-0.1, -0.05) is 78.1 Å². The van der Waals surface area contributed by atoms with Gasteiger partial charge in [-0.3, -0.25) is 0 Å². The average molecular weight is 374 g/mol. The Balaban J connectivity index is 0.00000140. The van der Waals surface area contributed by atoms with E-state index in [1.54, 1.807) is 0 Å². The fraction of sp³-hybridized carbons (Fsp3) is 0.348. The Bertz CT molecular complexity index is 932. The molecule has 0 spiro atoms. The first-order valence-corrected chi connectivity index (χ1v) is 12.4. The first-order chi connectivity index (χ1) is 12.2. The van der Waals surface area contributed by atoms with E-state index in [0.29, 0.717) is 0 Å². The molecule has 136 valence electrons. The quantitative estimate of drug-likeness (QED) is 0.454. The third kappa shape index (κ3) is 4.52. The Morgan fingerprint density at radius 1 is 0.893 bits per heavy atom. The van der Waals surface area contributed by atoms with Gasteiger partial charge in [-0.2, -0.15) is 5.19 Å². The van der Waals surface area contributed by atoms with E-state index in [1.807, 2.05) is 0 Å². The van der Waals surface area contributed by atoms with Crippen LogP contribution in [0.2, 0.25) is 13.1 Å². The summed E-state index contributed by atoms with van der Waals surface area (Å²) in [7, 11) is -1.89. The number of benzene rings is 2. The van der Waals surface area contributed by atoms with Crippen molar-refractivity contribution in [3.63, 3.8) is 0 Å². The zero-order valence-corrected chi connectivity index (χ0v) is 19.5. The van der Waals surface area contributed by atoms with Crippen LogP contribution in [0, 0.1) is 0 Å². The van der Waals surface area contributed by atoms with E-state index in [4.69, 9.17) is 4.98 Å². The molecule has 1 heterocycles. The Hall–Kier alpha value is -0.778. The number of fused-ring (bicyclic) bond motifs is 2. The molecule has 0 bridgehead atoms. The Labute approximate surface area is 194 Å². The van der Waals surface area contributed by atoms with Gasteiger partial charge in [0.1, 0.15) is 0 Å². The Kier molecular flexibility index (Phi) is 7.16. The summed E-state index contributed by atoms with van der Waals surface area (Å²) in [4.78, 5) is 7.79. The summed E-state index contributed by atoms with van der Waals surface area (Å²) in [6.45, 7) is 13.4. The van der Waals surface area contributed by atoms with Crippen LogP contribution in [0.15, 0.2) is 54.6 Å². The summed E-state index contributed by atoms with van der Waals surface area (Å²) >= 11 is 0. The van der Waals surface area contributed by atoms with Gasteiger partial charge in [0.25, 0.3) is 0 Å². The molecule has 0 amide bonds. The van der Waals surface area contributed by atoms with Crippen molar-refractivity contribution in [2.75, 3.05) is 4.90 Å². The molecule has 0 radical (unpaired) electrons. The van der Waals surface area contributed by atoms with Gasteiger partial charge in [-0.05, 0) is 11.1 Å². The molecule has 5 heteroatoms. The maximum absolute atomic E-state index is 5.26. The summed E-state index contributed by atoms with van der Waals surface area (Å²) < 4.78 is 0. The number of hydrogen-bond acceptors (Lipinski definition) is 1. The minimum Gasteiger partial charge on any atom is -0.663 e. The molecule has 3 aromatic carbocycles. The minimum absolute atomic E-state index is 0. The van der Waals surface area contributed by atoms with Crippen LogP contribution in [0.1, 0.15) is 31.9 Å². The van der Waals surface area contributed by atoms with Gasteiger partial charge in [0.05, 0.1) is 0 Å². The van der Waals surface area contributed by atoms with Crippen molar-refractivity contribution in [3.05, 3.63) is 70.7 Å². The molecule has 0 aliphatic carbocycles. The molecule has 4 rings (SSSR count). The van der Waals surface area contributed by atoms with E-state index in [9.17, 15) is 0 Å². The van der Waals surface area contributed by atoms with Gasteiger partial charge in [-0.25, -0.2) is 0 Å². The summed E-state index contributed by atoms with van der Waals surface area (Å²) in [5, 5.41) is 4.23. The normalized spacial score (nSPS) is 13.8. The monoisotopic (exact) mass is 374 g/mol. The largest absolute Gasteiger partial charge is 1.00 e. The third-order valence-electron chi connectivity index (χ3n) is 5.23. The number of hydrogen-bond donors (Lipinski definition) is 0. The van der Waals surface area contributed by atoms with Crippen molar-refractivity contribution in [2.45, 2.75) is 52.5 Å². The second kappa shape index (κ2) is 8.53. The van der Waals surface area contributed by atoms with E-state index >= 15 is 0 Å². The first-order valence-electron chi connectivity index (χ1n) is 9.49. The van der Waals surface area contributed by atoms with E-state index in [1.165, 1.54) is 32.8 Å². The first kappa shape index (κ1) is 23.5. The Morgan fingerprint density at radius 2 is 1.43 bits per heavy atom. The maximum Gasteiger partial charge on any atom is 1.00 e. The molecule has 0 saturated heterocycles. The van der Waals surface area contributed by atoms with Crippen LogP contribution in [0.4, 0.5) is 5.69 Å². The summed E-state index contributed by atoms with van der Waals surface area (Å²) in [5.41, 5.74) is 4.28. The van der Waals surface area contributed by atoms with Crippen LogP contribution in [-0.2, 0) is 13.1 Å². The zero-order valence-electron chi connectivity index (χ0n) is 18.5. The predicted molar refractivity (Wildman–Crippen MR) is 116 cm³/mol. The zero-order chi connectivity index (χ0) is 18.5. The van der Waals surface area contributed by atoms with E-state index < -0.39 is 8.24 Å². The van der Waals surface area contributed by atoms with Crippen LogP contribution in [0.25, 0.3) is 15.8 Å².